The first kappa shape index (κ1) is 25.8. The van der Waals surface area contributed by atoms with Crippen molar-refractivity contribution in [3.63, 3.8) is 0 Å². The molecule has 0 atom stereocenters. The molecular weight excluding hydrogens is 492 g/mol. The minimum absolute atomic E-state index is 0.00796. The van der Waals surface area contributed by atoms with Crippen molar-refractivity contribution in [2.24, 2.45) is 5.73 Å². The lowest BCUT2D eigenvalue weighted by molar-refractivity contribution is -0.142. The second-order valence-corrected chi connectivity index (χ2v) is 10.1. The highest BCUT2D eigenvalue weighted by atomic mass is 32.2. The molecule has 0 aliphatic rings. The lowest BCUT2D eigenvalue weighted by Crippen LogP contribution is -2.17. The number of benzene rings is 3. The van der Waals surface area contributed by atoms with Gasteiger partial charge < -0.3 is 20.2 Å². The summed E-state index contributed by atoms with van der Waals surface area (Å²) in [6, 6.07) is 18.7. The Morgan fingerprint density at radius 3 is 2.46 bits per heavy atom. The molecule has 4 aromatic rings. The van der Waals surface area contributed by atoms with E-state index < -0.39 is 16.0 Å². The standard InChI is InChI=1S/C27H28N4O5S/c1-3-35-26(32)14-19-6-4-5-7-25(19)37(33,34)31-21-12-13-22-17(2)24(36-23(22)15-21)16-30-20-10-8-18(9-11-20)27(28)29/h4-13,15,30-31H,3,14,16H2,1-2H3,(H3,28,29). The van der Waals surface area contributed by atoms with E-state index in [9.17, 15) is 13.2 Å². The Morgan fingerprint density at radius 2 is 1.76 bits per heavy atom. The number of furan rings is 1. The van der Waals surface area contributed by atoms with Gasteiger partial charge in [0.1, 0.15) is 17.2 Å². The molecule has 0 spiro atoms. The summed E-state index contributed by atoms with van der Waals surface area (Å²) in [5, 5.41) is 11.6. The van der Waals surface area contributed by atoms with Gasteiger partial charge in [-0.05, 0) is 61.9 Å². The molecule has 0 saturated heterocycles. The number of hydrogen-bond acceptors (Lipinski definition) is 7. The predicted molar refractivity (Wildman–Crippen MR) is 143 cm³/mol. The number of nitrogens with one attached hydrogen (secondary N) is 3. The van der Waals surface area contributed by atoms with Gasteiger partial charge in [-0.1, -0.05) is 18.2 Å². The fraction of sp³-hybridized carbons (Fsp3) is 0.185. The summed E-state index contributed by atoms with van der Waals surface area (Å²) in [4.78, 5) is 12.0. The molecule has 37 heavy (non-hydrogen) atoms. The van der Waals surface area contributed by atoms with Crippen molar-refractivity contribution in [3.8, 4) is 0 Å². The molecule has 0 bridgehead atoms. The summed E-state index contributed by atoms with van der Waals surface area (Å²) in [6.07, 6.45) is -0.144. The first-order chi connectivity index (χ1) is 17.7. The van der Waals surface area contributed by atoms with Gasteiger partial charge in [0, 0.05) is 28.3 Å². The average Bonchev–Trinajstić information content (AvgIpc) is 3.17. The van der Waals surface area contributed by atoms with E-state index in [4.69, 9.17) is 20.3 Å². The number of carbonyl (C=O) groups is 1. The summed E-state index contributed by atoms with van der Waals surface area (Å²) < 4.78 is 39.9. The maximum atomic E-state index is 13.2. The van der Waals surface area contributed by atoms with Crippen LogP contribution in [-0.2, 0) is 32.5 Å². The zero-order chi connectivity index (χ0) is 26.6. The van der Waals surface area contributed by atoms with Crippen molar-refractivity contribution in [1.82, 2.24) is 0 Å². The Morgan fingerprint density at radius 1 is 1.05 bits per heavy atom. The maximum absolute atomic E-state index is 13.2. The molecule has 3 aromatic carbocycles. The number of fused-ring (bicyclic) bond motifs is 1. The van der Waals surface area contributed by atoms with Gasteiger partial charge in [0.05, 0.1) is 30.2 Å². The smallest absolute Gasteiger partial charge is 0.310 e. The van der Waals surface area contributed by atoms with E-state index in [1.807, 2.05) is 25.1 Å². The Kier molecular flexibility index (Phi) is 7.49. The number of nitrogen functional groups attached to an aromatic ring is 1. The number of carbonyl (C=O) groups excluding carboxylic acids is 1. The molecule has 0 aliphatic heterocycles. The number of aryl methyl sites for hydroxylation is 1. The van der Waals surface area contributed by atoms with E-state index in [0.717, 1.165) is 16.6 Å². The molecule has 0 radical (unpaired) electrons. The van der Waals surface area contributed by atoms with Gasteiger partial charge in [0.25, 0.3) is 10.0 Å². The topological polar surface area (TPSA) is 148 Å². The van der Waals surface area contributed by atoms with Gasteiger partial charge in [-0.3, -0.25) is 14.9 Å². The van der Waals surface area contributed by atoms with Crippen molar-refractivity contribution in [2.45, 2.75) is 31.7 Å². The van der Waals surface area contributed by atoms with Crippen LogP contribution in [0, 0.1) is 12.3 Å². The monoisotopic (exact) mass is 520 g/mol. The molecule has 5 N–H and O–H groups in total. The number of hydrogen-bond donors (Lipinski definition) is 4. The fourth-order valence-corrected chi connectivity index (χ4v) is 5.24. The van der Waals surface area contributed by atoms with Crippen molar-refractivity contribution in [1.29, 1.82) is 5.41 Å². The molecule has 0 fully saturated rings. The second kappa shape index (κ2) is 10.8. The van der Waals surface area contributed by atoms with E-state index in [2.05, 4.69) is 10.0 Å². The van der Waals surface area contributed by atoms with Gasteiger partial charge in [0.2, 0.25) is 0 Å². The van der Waals surface area contributed by atoms with Crippen LogP contribution in [0.4, 0.5) is 11.4 Å². The zero-order valence-corrected chi connectivity index (χ0v) is 21.3. The Bertz CT molecular complexity index is 1560. The lowest BCUT2D eigenvalue weighted by Gasteiger charge is -2.12. The van der Waals surface area contributed by atoms with Gasteiger partial charge in [-0.25, -0.2) is 8.42 Å². The van der Waals surface area contributed by atoms with Crippen LogP contribution in [0.5, 0.6) is 0 Å². The average molecular weight is 521 g/mol. The highest BCUT2D eigenvalue weighted by molar-refractivity contribution is 7.92. The van der Waals surface area contributed by atoms with E-state index in [-0.39, 0.29) is 23.8 Å². The van der Waals surface area contributed by atoms with Crippen LogP contribution < -0.4 is 15.8 Å². The number of anilines is 2. The molecule has 1 aromatic heterocycles. The van der Waals surface area contributed by atoms with Gasteiger partial charge >= 0.3 is 5.97 Å². The summed E-state index contributed by atoms with van der Waals surface area (Å²) in [5.74, 6) is 0.229. The minimum atomic E-state index is -3.97. The zero-order valence-electron chi connectivity index (χ0n) is 20.5. The predicted octanol–water partition coefficient (Wildman–Crippen LogP) is 4.54. The molecule has 0 saturated carbocycles. The van der Waals surface area contributed by atoms with E-state index >= 15 is 0 Å². The Hall–Kier alpha value is -4.31. The first-order valence-electron chi connectivity index (χ1n) is 11.6. The molecule has 9 nitrogen and oxygen atoms in total. The third kappa shape index (κ3) is 5.92. The summed E-state index contributed by atoms with van der Waals surface area (Å²) in [5.41, 5.74) is 9.17. The molecule has 0 unspecified atom stereocenters. The summed E-state index contributed by atoms with van der Waals surface area (Å²) in [7, 11) is -3.97. The van der Waals surface area contributed by atoms with Crippen molar-refractivity contribution in [2.75, 3.05) is 16.6 Å². The van der Waals surface area contributed by atoms with Crippen molar-refractivity contribution >= 4 is 44.2 Å². The molecular formula is C27H28N4O5S. The van der Waals surface area contributed by atoms with Gasteiger partial charge in [-0.2, -0.15) is 0 Å². The number of amidine groups is 1. The van der Waals surface area contributed by atoms with Gasteiger partial charge in [0.15, 0.2) is 0 Å². The summed E-state index contributed by atoms with van der Waals surface area (Å²) >= 11 is 0. The largest absolute Gasteiger partial charge is 0.466 e. The van der Waals surface area contributed by atoms with Crippen LogP contribution in [0.25, 0.3) is 11.0 Å². The molecule has 0 amide bonds. The molecule has 4 rings (SSSR count). The third-order valence-corrected chi connectivity index (χ3v) is 7.32. The first-order valence-corrected chi connectivity index (χ1v) is 13.1. The van der Waals surface area contributed by atoms with Crippen LogP contribution in [0.2, 0.25) is 0 Å². The summed E-state index contributed by atoms with van der Waals surface area (Å²) in [6.45, 7) is 4.28. The molecule has 10 heteroatoms. The SMILES string of the molecule is CCOC(=O)Cc1ccccc1S(=O)(=O)Nc1ccc2c(C)c(CNc3ccc(C(=N)N)cc3)oc2c1. The van der Waals surface area contributed by atoms with Crippen LogP contribution in [-0.4, -0.2) is 26.8 Å². The Balaban J connectivity index is 1.52. The molecule has 192 valence electrons. The number of rotatable bonds is 10. The Labute approximate surface area is 215 Å². The highest BCUT2D eigenvalue weighted by Crippen LogP contribution is 2.30. The van der Waals surface area contributed by atoms with Crippen LogP contribution >= 0.6 is 0 Å². The minimum Gasteiger partial charge on any atom is -0.466 e. The van der Waals surface area contributed by atoms with E-state index in [1.54, 1.807) is 49.4 Å². The van der Waals surface area contributed by atoms with Crippen LogP contribution in [0.1, 0.15) is 29.4 Å². The molecule has 0 aliphatic carbocycles. The fourth-order valence-electron chi connectivity index (χ4n) is 3.95. The molecule has 1 heterocycles. The third-order valence-electron chi connectivity index (χ3n) is 5.84. The number of sulfonamides is 1. The van der Waals surface area contributed by atoms with E-state index in [1.165, 1.54) is 6.07 Å². The highest BCUT2D eigenvalue weighted by Gasteiger charge is 2.21. The lowest BCUT2D eigenvalue weighted by atomic mass is 10.1. The quantitative estimate of drug-likeness (QED) is 0.136. The van der Waals surface area contributed by atoms with Crippen LogP contribution in [0.3, 0.4) is 0 Å². The van der Waals surface area contributed by atoms with Crippen molar-refractivity contribution < 1.29 is 22.4 Å². The second-order valence-electron chi connectivity index (χ2n) is 8.40. The number of nitrogens with two attached hydrogens (primary N) is 1. The van der Waals surface area contributed by atoms with Crippen molar-refractivity contribution in [3.05, 3.63) is 89.2 Å². The van der Waals surface area contributed by atoms with Gasteiger partial charge in [-0.15, -0.1) is 0 Å². The van der Waals surface area contributed by atoms with Crippen LogP contribution in [0.15, 0.2) is 76.0 Å². The maximum Gasteiger partial charge on any atom is 0.310 e. The number of esters is 1. The van der Waals surface area contributed by atoms with E-state index in [0.29, 0.717) is 34.7 Å². The number of ether oxygens (including phenoxy) is 1. The normalized spacial score (nSPS) is 11.3.